The number of hydrogen-bond acceptors (Lipinski definition) is 5. The van der Waals surface area contributed by atoms with Crippen LogP contribution in [0.25, 0.3) is 0 Å². The van der Waals surface area contributed by atoms with Crippen molar-refractivity contribution in [2.45, 2.75) is 6.42 Å². The topological polar surface area (TPSA) is 101 Å². The monoisotopic (exact) mass is 351 g/mol. The zero-order chi connectivity index (χ0) is 18.6. The Morgan fingerprint density at radius 3 is 2.54 bits per heavy atom. The zero-order valence-corrected chi connectivity index (χ0v) is 13.8. The standard InChI is InChI=1S/C18H13N3O5/c1-19-17(23)13-5-3-11(8-14(13)18(19)24)16(22)20-7-6-10-2-4-12(21(25)26)9-15(10)20/h2-5,8-9H,6-7H2,1H3. The molecule has 0 saturated heterocycles. The number of nitro groups is 1. The molecule has 0 unspecified atom stereocenters. The minimum absolute atomic E-state index is 0.0835. The number of imide groups is 1. The van der Waals surface area contributed by atoms with Gasteiger partial charge in [0.2, 0.25) is 0 Å². The Morgan fingerprint density at radius 2 is 1.81 bits per heavy atom. The quantitative estimate of drug-likeness (QED) is 0.468. The van der Waals surface area contributed by atoms with E-state index in [1.54, 1.807) is 6.07 Å². The molecule has 2 aliphatic rings. The second-order valence-electron chi connectivity index (χ2n) is 6.21. The van der Waals surface area contributed by atoms with Gasteiger partial charge in [0, 0.05) is 31.3 Å². The van der Waals surface area contributed by atoms with Gasteiger partial charge >= 0.3 is 0 Å². The van der Waals surface area contributed by atoms with E-state index in [4.69, 9.17) is 0 Å². The summed E-state index contributed by atoms with van der Waals surface area (Å²) in [5.74, 6) is -1.20. The van der Waals surface area contributed by atoms with E-state index in [1.807, 2.05) is 0 Å². The molecule has 2 aliphatic heterocycles. The summed E-state index contributed by atoms with van der Waals surface area (Å²) >= 11 is 0. The zero-order valence-electron chi connectivity index (χ0n) is 13.8. The average Bonchev–Trinajstić information content (AvgIpc) is 3.16. The highest BCUT2D eigenvalue weighted by Crippen LogP contribution is 2.33. The van der Waals surface area contributed by atoms with Gasteiger partial charge in [-0.05, 0) is 30.2 Å². The number of anilines is 1. The largest absolute Gasteiger partial charge is 0.308 e. The third kappa shape index (κ3) is 2.19. The summed E-state index contributed by atoms with van der Waals surface area (Å²) in [5, 5.41) is 11.0. The van der Waals surface area contributed by atoms with Gasteiger partial charge in [-0.1, -0.05) is 6.07 Å². The molecule has 26 heavy (non-hydrogen) atoms. The fraction of sp³-hybridized carbons (Fsp3) is 0.167. The number of non-ortho nitro benzene ring substituents is 1. The lowest BCUT2D eigenvalue weighted by atomic mass is 10.0. The van der Waals surface area contributed by atoms with E-state index in [-0.39, 0.29) is 28.3 Å². The van der Waals surface area contributed by atoms with E-state index in [0.29, 0.717) is 18.7 Å². The van der Waals surface area contributed by atoms with Crippen molar-refractivity contribution < 1.29 is 19.3 Å². The number of fused-ring (bicyclic) bond motifs is 2. The van der Waals surface area contributed by atoms with E-state index in [0.717, 1.165) is 10.5 Å². The Bertz CT molecular complexity index is 1010. The maximum Gasteiger partial charge on any atom is 0.271 e. The first-order chi connectivity index (χ1) is 12.4. The van der Waals surface area contributed by atoms with Gasteiger partial charge in [-0.2, -0.15) is 0 Å². The van der Waals surface area contributed by atoms with Crippen LogP contribution in [0.5, 0.6) is 0 Å². The fourth-order valence-electron chi connectivity index (χ4n) is 3.34. The first kappa shape index (κ1) is 15.9. The van der Waals surface area contributed by atoms with Gasteiger partial charge in [0.15, 0.2) is 0 Å². The van der Waals surface area contributed by atoms with Crippen LogP contribution in [0.3, 0.4) is 0 Å². The predicted octanol–water partition coefficient (Wildman–Crippen LogP) is 2.02. The van der Waals surface area contributed by atoms with Gasteiger partial charge in [0.05, 0.1) is 21.7 Å². The lowest BCUT2D eigenvalue weighted by molar-refractivity contribution is -0.384. The van der Waals surface area contributed by atoms with E-state index in [9.17, 15) is 24.5 Å². The molecule has 0 spiro atoms. The van der Waals surface area contributed by atoms with Crippen molar-refractivity contribution in [2.75, 3.05) is 18.5 Å². The summed E-state index contributed by atoms with van der Waals surface area (Å²) < 4.78 is 0. The van der Waals surface area contributed by atoms with Crippen LogP contribution in [-0.2, 0) is 6.42 Å². The molecule has 8 nitrogen and oxygen atoms in total. The average molecular weight is 351 g/mol. The van der Waals surface area contributed by atoms with E-state index in [2.05, 4.69) is 0 Å². The highest BCUT2D eigenvalue weighted by Gasteiger charge is 2.34. The molecule has 0 N–H and O–H groups in total. The number of carbonyl (C=O) groups is 3. The van der Waals surface area contributed by atoms with Crippen LogP contribution in [0.4, 0.5) is 11.4 Å². The molecular formula is C18H13N3O5. The number of benzene rings is 2. The van der Waals surface area contributed by atoms with Crippen LogP contribution in [0.1, 0.15) is 36.6 Å². The van der Waals surface area contributed by atoms with Crippen LogP contribution >= 0.6 is 0 Å². The lowest BCUT2D eigenvalue weighted by Gasteiger charge is -2.17. The highest BCUT2D eigenvalue weighted by atomic mass is 16.6. The molecule has 0 saturated carbocycles. The van der Waals surface area contributed by atoms with E-state index >= 15 is 0 Å². The van der Waals surface area contributed by atoms with E-state index < -0.39 is 16.7 Å². The first-order valence-electron chi connectivity index (χ1n) is 7.94. The Balaban J connectivity index is 1.71. The summed E-state index contributed by atoms with van der Waals surface area (Å²) in [6.07, 6.45) is 0.601. The van der Waals surface area contributed by atoms with Gasteiger partial charge < -0.3 is 4.90 Å². The molecule has 2 aromatic rings. The maximum absolute atomic E-state index is 12.9. The first-order valence-corrected chi connectivity index (χ1v) is 7.94. The highest BCUT2D eigenvalue weighted by molar-refractivity contribution is 6.22. The van der Waals surface area contributed by atoms with Crippen molar-refractivity contribution >= 4 is 29.1 Å². The van der Waals surface area contributed by atoms with Crippen LogP contribution in [0, 0.1) is 10.1 Å². The summed E-state index contributed by atoms with van der Waals surface area (Å²) in [6.45, 7) is 0.402. The minimum atomic E-state index is -0.503. The number of nitro benzene ring substituents is 1. The Morgan fingerprint density at radius 1 is 1.08 bits per heavy atom. The summed E-state index contributed by atoms with van der Waals surface area (Å²) in [7, 11) is 1.39. The molecule has 3 amide bonds. The van der Waals surface area contributed by atoms with Crippen molar-refractivity contribution in [3.05, 3.63) is 68.8 Å². The molecule has 0 atom stereocenters. The van der Waals surface area contributed by atoms with Crippen molar-refractivity contribution in [3.8, 4) is 0 Å². The molecule has 130 valence electrons. The molecule has 0 bridgehead atoms. The molecule has 2 aromatic carbocycles. The number of rotatable bonds is 2. The Labute approximate surface area is 147 Å². The lowest BCUT2D eigenvalue weighted by Crippen LogP contribution is -2.29. The summed E-state index contributed by atoms with van der Waals surface area (Å²) in [5.41, 5.74) is 2.01. The SMILES string of the molecule is CN1C(=O)c2ccc(C(=O)N3CCc4ccc([N+](=O)[O-])cc43)cc2C1=O. The fourth-order valence-corrected chi connectivity index (χ4v) is 3.34. The summed E-state index contributed by atoms with van der Waals surface area (Å²) in [4.78, 5) is 50.0. The third-order valence-corrected chi connectivity index (χ3v) is 4.76. The number of nitrogens with zero attached hydrogens (tertiary/aromatic N) is 3. The van der Waals surface area contributed by atoms with Crippen molar-refractivity contribution in [1.29, 1.82) is 0 Å². The number of amides is 3. The predicted molar refractivity (Wildman–Crippen MR) is 91.3 cm³/mol. The van der Waals surface area contributed by atoms with Gasteiger partial charge in [-0.3, -0.25) is 29.4 Å². The number of carbonyl (C=O) groups excluding carboxylic acids is 3. The Kier molecular flexibility index (Phi) is 3.36. The molecule has 0 aliphatic carbocycles. The Hall–Kier alpha value is -3.55. The van der Waals surface area contributed by atoms with Crippen LogP contribution in [0.2, 0.25) is 0 Å². The van der Waals surface area contributed by atoms with Gasteiger partial charge in [0.25, 0.3) is 23.4 Å². The minimum Gasteiger partial charge on any atom is -0.308 e. The maximum atomic E-state index is 12.9. The van der Waals surface area contributed by atoms with Gasteiger partial charge in [0.1, 0.15) is 0 Å². The van der Waals surface area contributed by atoms with Crippen molar-refractivity contribution in [1.82, 2.24) is 4.90 Å². The van der Waals surface area contributed by atoms with Crippen LogP contribution < -0.4 is 4.90 Å². The second kappa shape index (κ2) is 5.48. The molecule has 0 fully saturated rings. The third-order valence-electron chi connectivity index (χ3n) is 4.76. The molecular weight excluding hydrogens is 338 g/mol. The molecule has 8 heteroatoms. The molecule has 0 radical (unpaired) electrons. The molecule has 4 rings (SSSR count). The molecule has 2 heterocycles. The summed E-state index contributed by atoms with van der Waals surface area (Å²) in [6, 6.07) is 8.84. The molecule has 0 aromatic heterocycles. The van der Waals surface area contributed by atoms with Crippen LogP contribution in [-0.4, -0.2) is 41.1 Å². The van der Waals surface area contributed by atoms with Crippen LogP contribution in [0.15, 0.2) is 36.4 Å². The smallest absolute Gasteiger partial charge is 0.271 e. The van der Waals surface area contributed by atoms with E-state index in [1.165, 1.54) is 42.3 Å². The second-order valence-corrected chi connectivity index (χ2v) is 6.21. The van der Waals surface area contributed by atoms with Gasteiger partial charge in [-0.15, -0.1) is 0 Å². The normalized spacial score (nSPS) is 15.3. The van der Waals surface area contributed by atoms with Crippen molar-refractivity contribution in [3.63, 3.8) is 0 Å². The van der Waals surface area contributed by atoms with Gasteiger partial charge in [-0.25, -0.2) is 0 Å². The van der Waals surface area contributed by atoms with Crippen molar-refractivity contribution in [2.24, 2.45) is 0 Å². The number of hydrogen-bond donors (Lipinski definition) is 0.